The molecular formula is C13H9BrINO3. The monoisotopic (exact) mass is 433 g/mol. The van der Waals surface area contributed by atoms with Crippen LogP contribution in [0.15, 0.2) is 46.9 Å². The second-order valence-electron chi connectivity index (χ2n) is 3.75. The fourth-order valence-corrected chi connectivity index (χ4v) is 2.44. The zero-order valence-corrected chi connectivity index (χ0v) is 13.4. The van der Waals surface area contributed by atoms with Crippen molar-refractivity contribution in [3.8, 4) is 5.75 Å². The maximum Gasteiger partial charge on any atom is 0.277 e. The number of nitro groups is 1. The minimum Gasteiger partial charge on any atom is -0.488 e. The van der Waals surface area contributed by atoms with Crippen LogP contribution in [0.1, 0.15) is 5.56 Å². The van der Waals surface area contributed by atoms with Crippen molar-refractivity contribution in [1.29, 1.82) is 0 Å². The Hall–Kier alpha value is -1.15. The molecule has 0 aliphatic rings. The maximum atomic E-state index is 11.0. The van der Waals surface area contributed by atoms with Crippen molar-refractivity contribution in [1.82, 2.24) is 0 Å². The summed E-state index contributed by atoms with van der Waals surface area (Å²) in [6, 6.07) is 12.5. The third-order valence-corrected chi connectivity index (χ3v) is 3.85. The lowest BCUT2D eigenvalue weighted by atomic mass is 10.2. The third kappa shape index (κ3) is 3.66. The van der Waals surface area contributed by atoms with E-state index in [1.54, 1.807) is 12.1 Å². The predicted molar refractivity (Wildman–Crippen MR) is 84.3 cm³/mol. The smallest absolute Gasteiger partial charge is 0.277 e. The normalized spacial score (nSPS) is 10.2. The summed E-state index contributed by atoms with van der Waals surface area (Å²) in [4.78, 5) is 10.6. The number of benzene rings is 2. The zero-order chi connectivity index (χ0) is 13.8. The van der Waals surface area contributed by atoms with Gasteiger partial charge in [0.1, 0.15) is 12.4 Å². The molecule has 0 saturated carbocycles. The first kappa shape index (κ1) is 14.3. The molecule has 0 radical (unpaired) electrons. The van der Waals surface area contributed by atoms with E-state index in [9.17, 15) is 10.1 Å². The quantitative estimate of drug-likeness (QED) is 0.404. The number of ether oxygens (including phenoxy) is 1. The van der Waals surface area contributed by atoms with E-state index in [0.29, 0.717) is 10.0 Å². The Bertz CT molecular complexity index is 619. The molecule has 0 atom stereocenters. The summed E-state index contributed by atoms with van der Waals surface area (Å²) < 4.78 is 7.28. The van der Waals surface area contributed by atoms with Crippen LogP contribution in [0.4, 0.5) is 5.69 Å². The van der Waals surface area contributed by atoms with Gasteiger partial charge in [0, 0.05) is 10.5 Å². The first-order valence-corrected chi connectivity index (χ1v) is 7.25. The van der Waals surface area contributed by atoms with Crippen molar-refractivity contribution in [2.24, 2.45) is 0 Å². The molecule has 0 fully saturated rings. The molecule has 4 nitrogen and oxygen atoms in total. The average molecular weight is 434 g/mol. The number of halogens is 2. The zero-order valence-electron chi connectivity index (χ0n) is 9.68. The third-order valence-electron chi connectivity index (χ3n) is 2.46. The van der Waals surface area contributed by atoms with Crippen molar-refractivity contribution >= 4 is 44.2 Å². The molecule has 98 valence electrons. The van der Waals surface area contributed by atoms with Crippen LogP contribution >= 0.6 is 38.5 Å². The van der Waals surface area contributed by atoms with Crippen LogP contribution in [0.3, 0.4) is 0 Å². The van der Waals surface area contributed by atoms with Gasteiger partial charge in [0.05, 0.1) is 14.1 Å². The van der Waals surface area contributed by atoms with Gasteiger partial charge in [-0.15, -0.1) is 0 Å². The Balaban J connectivity index is 2.20. The fourth-order valence-electron chi connectivity index (χ4n) is 1.55. The van der Waals surface area contributed by atoms with Gasteiger partial charge in [0.25, 0.3) is 5.69 Å². The molecule has 0 aliphatic heterocycles. The Labute approximate surface area is 132 Å². The molecule has 0 saturated heterocycles. The molecule has 0 bridgehead atoms. The summed E-state index contributed by atoms with van der Waals surface area (Å²) >= 11 is 5.39. The van der Waals surface area contributed by atoms with E-state index in [1.807, 2.05) is 24.3 Å². The summed E-state index contributed by atoms with van der Waals surface area (Å²) in [5.41, 5.74) is 0.605. The highest BCUT2D eigenvalue weighted by Crippen LogP contribution is 2.26. The molecule has 0 heterocycles. The van der Waals surface area contributed by atoms with Gasteiger partial charge in [-0.1, -0.05) is 28.1 Å². The van der Waals surface area contributed by atoms with Crippen LogP contribution in [0.5, 0.6) is 5.75 Å². The Morgan fingerprint density at radius 3 is 2.68 bits per heavy atom. The standard InChI is InChI=1S/C13H9BrINO3/c14-10-6-5-9(12(7-10)16(17)18)8-19-13-4-2-1-3-11(13)15/h1-7H,8H2. The molecule has 0 unspecified atom stereocenters. The Morgan fingerprint density at radius 1 is 1.26 bits per heavy atom. The van der Waals surface area contributed by atoms with E-state index in [2.05, 4.69) is 38.5 Å². The first-order chi connectivity index (χ1) is 9.08. The number of nitro benzene ring substituents is 1. The van der Waals surface area contributed by atoms with Gasteiger partial charge >= 0.3 is 0 Å². The van der Waals surface area contributed by atoms with Gasteiger partial charge in [-0.05, 0) is 46.9 Å². The van der Waals surface area contributed by atoms with Crippen LogP contribution in [0.25, 0.3) is 0 Å². The van der Waals surface area contributed by atoms with E-state index in [-0.39, 0.29) is 12.3 Å². The lowest BCUT2D eigenvalue weighted by molar-refractivity contribution is -0.385. The molecule has 0 aliphatic carbocycles. The van der Waals surface area contributed by atoms with Crippen molar-refractivity contribution < 1.29 is 9.66 Å². The van der Waals surface area contributed by atoms with Crippen LogP contribution in [-0.4, -0.2) is 4.92 Å². The SMILES string of the molecule is O=[N+]([O-])c1cc(Br)ccc1COc1ccccc1I. The molecule has 2 rings (SSSR count). The van der Waals surface area contributed by atoms with Crippen molar-refractivity contribution in [2.75, 3.05) is 0 Å². The first-order valence-electron chi connectivity index (χ1n) is 5.38. The van der Waals surface area contributed by atoms with Gasteiger partial charge < -0.3 is 4.74 Å². The summed E-state index contributed by atoms with van der Waals surface area (Å²) in [6.45, 7) is 0.170. The van der Waals surface area contributed by atoms with E-state index >= 15 is 0 Å². The van der Waals surface area contributed by atoms with E-state index in [1.165, 1.54) is 6.07 Å². The molecule has 0 N–H and O–H groups in total. The van der Waals surface area contributed by atoms with Crippen LogP contribution in [-0.2, 0) is 6.61 Å². The molecule has 6 heteroatoms. The predicted octanol–water partition coefficient (Wildman–Crippen LogP) is 4.54. The van der Waals surface area contributed by atoms with Crippen LogP contribution in [0, 0.1) is 13.7 Å². The fraction of sp³-hybridized carbons (Fsp3) is 0.0769. The molecule has 19 heavy (non-hydrogen) atoms. The van der Waals surface area contributed by atoms with Crippen molar-refractivity contribution in [3.63, 3.8) is 0 Å². The van der Waals surface area contributed by atoms with Gasteiger partial charge in [0.2, 0.25) is 0 Å². The minimum absolute atomic E-state index is 0.0558. The topological polar surface area (TPSA) is 52.4 Å². The number of para-hydroxylation sites is 1. The van der Waals surface area contributed by atoms with Gasteiger partial charge in [-0.2, -0.15) is 0 Å². The lowest BCUT2D eigenvalue weighted by Crippen LogP contribution is -2.01. The van der Waals surface area contributed by atoms with Gasteiger partial charge in [0.15, 0.2) is 0 Å². The van der Waals surface area contributed by atoms with Crippen molar-refractivity contribution in [3.05, 3.63) is 66.2 Å². The number of hydrogen-bond acceptors (Lipinski definition) is 3. The molecule has 0 amide bonds. The van der Waals surface area contributed by atoms with Gasteiger partial charge in [-0.25, -0.2) is 0 Å². The van der Waals surface area contributed by atoms with Crippen LogP contribution < -0.4 is 4.74 Å². The van der Waals surface area contributed by atoms with E-state index < -0.39 is 4.92 Å². The van der Waals surface area contributed by atoms with Crippen molar-refractivity contribution in [2.45, 2.75) is 6.61 Å². The average Bonchev–Trinajstić information content (AvgIpc) is 2.38. The molecular weight excluding hydrogens is 425 g/mol. The number of rotatable bonds is 4. The second kappa shape index (κ2) is 6.33. The minimum atomic E-state index is -0.403. The Kier molecular flexibility index (Phi) is 4.76. The Morgan fingerprint density at radius 2 is 2.00 bits per heavy atom. The summed E-state index contributed by atoms with van der Waals surface area (Å²) in [7, 11) is 0. The van der Waals surface area contributed by atoms with E-state index in [0.717, 1.165) is 9.32 Å². The van der Waals surface area contributed by atoms with Gasteiger partial charge in [-0.3, -0.25) is 10.1 Å². The molecule has 2 aromatic rings. The highest BCUT2D eigenvalue weighted by atomic mass is 127. The summed E-state index contributed by atoms with van der Waals surface area (Å²) in [5.74, 6) is 0.723. The summed E-state index contributed by atoms with van der Waals surface area (Å²) in [6.07, 6.45) is 0. The number of nitrogens with zero attached hydrogens (tertiary/aromatic N) is 1. The molecule has 2 aromatic carbocycles. The highest BCUT2D eigenvalue weighted by Gasteiger charge is 2.14. The van der Waals surface area contributed by atoms with Crippen LogP contribution in [0.2, 0.25) is 0 Å². The molecule has 0 aromatic heterocycles. The number of hydrogen-bond donors (Lipinski definition) is 0. The summed E-state index contributed by atoms with van der Waals surface area (Å²) in [5, 5.41) is 11.0. The maximum absolute atomic E-state index is 11.0. The molecule has 0 spiro atoms. The highest BCUT2D eigenvalue weighted by molar-refractivity contribution is 14.1. The lowest BCUT2D eigenvalue weighted by Gasteiger charge is -2.08. The van der Waals surface area contributed by atoms with E-state index in [4.69, 9.17) is 4.74 Å². The second-order valence-corrected chi connectivity index (χ2v) is 5.83. The largest absolute Gasteiger partial charge is 0.488 e.